The number of aliphatic hydroxyl groups excluding tert-OH is 1. The van der Waals surface area contributed by atoms with Gasteiger partial charge >= 0.3 is 0 Å². The second kappa shape index (κ2) is 5.10. The molecule has 1 unspecified atom stereocenters. The standard InChI is InChI=1S/C11H23NO2/c1-4-5-10(13)8-12-6-7-14-9-11(12,2)3/h10,13H,4-9H2,1-3H3. The van der Waals surface area contributed by atoms with Crippen LogP contribution in [-0.4, -0.2) is 48.0 Å². The monoisotopic (exact) mass is 201 g/mol. The smallest absolute Gasteiger partial charge is 0.0667 e. The lowest BCUT2D eigenvalue weighted by Crippen LogP contribution is -2.55. The van der Waals surface area contributed by atoms with Crippen LogP contribution in [0.4, 0.5) is 0 Å². The minimum absolute atomic E-state index is 0.0764. The molecule has 0 aromatic rings. The van der Waals surface area contributed by atoms with Gasteiger partial charge in [0.05, 0.1) is 19.3 Å². The highest BCUT2D eigenvalue weighted by atomic mass is 16.5. The molecule has 0 aromatic heterocycles. The van der Waals surface area contributed by atoms with Crippen LogP contribution in [-0.2, 0) is 4.74 Å². The van der Waals surface area contributed by atoms with Crippen molar-refractivity contribution >= 4 is 0 Å². The minimum atomic E-state index is -0.183. The molecule has 0 radical (unpaired) electrons. The highest BCUT2D eigenvalue weighted by Crippen LogP contribution is 2.19. The van der Waals surface area contributed by atoms with Gasteiger partial charge in [-0.2, -0.15) is 0 Å². The maximum Gasteiger partial charge on any atom is 0.0667 e. The molecule has 14 heavy (non-hydrogen) atoms. The summed E-state index contributed by atoms with van der Waals surface area (Å²) in [5.74, 6) is 0. The predicted molar refractivity (Wildman–Crippen MR) is 57.4 cm³/mol. The van der Waals surface area contributed by atoms with Crippen molar-refractivity contribution in [3.05, 3.63) is 0 Å². The zero-order valence-corrected chi connectivity index (χ0v) is 9.62. The van der Waals surface area contributed by atoms with Crippen molar-refractivity contribution in [3.8, 4) is 0 Å². The number of ether oxygens (including phenoxy) is 1. The van der Waals surface area contributed by atoms with Gasteiger partial charge in [0.15, 0.2) is 0 Å². The Kier molecular flexibility index (Phi) is 4.35. The molecule has 1 heterocycles. The summed E-state index contributed by atoms with van der Waals surface area (Å²) >= 11 is 0. The SMILES string of the molecule is CCCC(O)CN1CCOCC1(C)C. The van der Waals surface area contributed by atoms with Crippen LogP contribution < -0.4 is 0 Å². The molecule has 0 amide bonds. The molecule has 1 saturated heterocycles. The van der Waals surface area contributed by atoms with Crippen LogP contribution in [0.15, 0.2) is 0 Å². The topological polar surface area (TPSA) is 32.7 Å². The normalized spacial score (nSPS) is 24.9. The largest absolute Gasteiger partial charge is 0.392 e. The van der Waals surface area contributed by atoms with Crippen molar-refractivity contribution in [1.82, 2.24) is 4.90 Å². The van der Waals surface area contributed by atoms with Gasteiger partial charge in [0.1, 0.15) is 0 Å². The van der Waals surface area contributed by atoms with Gasteiger partial charge in [-0.05, 0) is 20.3 Å². The van der Waals surface area contributed by atoms with Gasteiger partial charge in [-0.25, -0.2) is 0 Å². The Morgan fingerprint density at radius 3 is 2.79 bits per heavy atom. The maximum atomic E-state index is 9.75. The molecule has 0 aliphatic carbocycles. The summed E-state index contributed by atoms with van der Waals surface area (Å²) in [4.78, 5) is 2.33. The number of rotatable bonds is 4. The molecule has 1 aliphatic rings. The molecule has 0 aromatic carbocycles. The first-order valence-electron chi connectivity index (χ1n) is 5.57. The van der Waals surface area contributed by atoms with E-state index in [0.717, 1.165) is 39.1 Å². The first-order valence-corrected chi connectivity index (χ1v) is 5.57. The van der Waals surface area contributed by atoms with E-state index in [9.17, 15) is 5.11 Å². The average molecular weight is 201 g/mol. The van der Waals surface area contributed by atoms with Crippen LogP contribution >= 0.6 is 0 Å². The van der Waals surface area contributed by atoms with Crippen LogP contribution in [0.3, 0.4) is 0 Å². The van der Waals surface area contributed by atoms with Crippen molar-refractivity contribution in [2.24, 2.45) is 0 Å². The van der Waals surface area contributed by atoms with Gasteiger partial charge in [0, 0.05) is 18.6 Å². The lowest BCUT2D eigenvalue weighted by molar-refractivity contribution is -0.0670. The van der Waals surface area contributed by atoms with Crippen LogP contribution in [0.2, 0.25) is 0 Å². The number of morpholine rings is 1. The molecule has 3 heteroatoms. The number of hydrogen-bond donors (Lipinski definition) is 1. The number of aliphatic hydroxyl groups is 1. The van der Waals surface area contributed by atoms with Gasteiger partial charge in [-0.15, -0.1) is 0 Å². The molecule has 0 saturated carbocycles. The van der Waals surface area contributed by atoms with Crippen LogP contribution in [0.25, 0.3) is 0 Å². The van der Waals surface area contributed by atoms with Gasteiger partial charge < -0.3 is 9.84 Å². The predicted octanol–water partition coefficient (Wildman–Crippen LogP) is 1.26. The molecule has 1 rings (SSSR count). The van der Waals surface area contributed by atoms with E-state index in [4.69, 9.17) is 4.74 Å². The first kappa shape index (κ1) is 12.0. The molecule has 1 atom stereocenters. The Hall–Kier alpha value is -0.120. The third-order valence-electron chi connectivity index (χ3n) is 2.87. The number of β-amino-alcohol motifs (C(OH)–C–C–N with tert-alkyl or cyclic N) is 1. The van der Waals surface area contributed by atoms with E-state index in [1.54, 1.807) is 0 Å². The van der Waals surface area contributed by atoms with E-state index >= 15 is 0 Å². The lowest BCUT2D eigenvalue weighted by atomic mass is 10.0. The summed E-state index contributed by atoms with van der Waals surface area (Å²) in [6.45, 7) is 9.73. The molecule has 1 fully saturated rings. The zero-order valence-electron chi connectivity index (χ0n) is 9.62. The highest BCUT2D eigenvalue weighted by Gasteiger charge is 2.31. The minimum Gasteiger partial charge on any atom is -0.392 e. The van der Waals surface area contributed by atoms with Crippen molar-refractivity contribution in [2.75, 3.05) is 26.3 Å². The molecule has 84 valence electrons. The third-order valence-corrected chi connectivity index (χ3v) is 2.87. The maximum absolute atomic E-state index is 9.75. The highest BCUT2D eigenvalue weighted by molar-refractivity contribution is 4.85. The van der Waals surface area contributed by atoms with Crippen LogP contribution in [0, 0.1) is 0 Å². The van der Waals surface area contributed by atoms with E-state index < -0.39 is 0 Å². The van der Waals surface area contributed by atoms with E-state index in [1.165, 1.54) is 0 Å². The fourth-order valence-corrected chi connectivity index (χ4v) is 1.91. The summed E-state index contributed by atoms with van der Waals surface area (Å²) in [5.41, 5.74) is 0.0764. The van der Waals surface area contributed by atoms with E-state index in [0.29, 0.717) is 0 Å². The van der Waals surface area contributed by atoms with Crippen LogP contribution in [0.1, 0.15) is 33.6 Å². The summed E-state index contributed by atoms with van der Waals surface area (Å²) < 4.78 is 5.43. The second-order valence-corrected chi connectivity index (χ2v) is 4.75. The van der Waals surface area contributed by atoms with E-state index in [-0.39, 0.29) is 11.6 Å². The summed E-state index contributed by atoms with van der Waals surface area (Å²) in [7, 11) is 0. The third kappa shape index (κ3) is 3.23. The Bertz CT molecular complexity index is 171. The van der Waals surface area contributed by atoms with Crippen molar-refractivity contribution in [2.45, 2.75) is 45.3 Å². The van der Waals surface area contributed by atoms with E-state index in [2.05, 4.69) is 25.7 Å². The van der Waals surface area contributed by atoms with Crippen molar-refractivity contribution in [3.63, 3.8) is 0 Å². The Morgan fingerprint density at radius 1 is 1.50 bits per heavy atom. The second-order valence-electron chi connectivity index (χ2n) is 4.75. The fourth-order valence-electron chi connectivity index (χ4n) is 1.91. The number of nitrogens with zero attached hydrogens (tertiary/aromatic N) is 1. The van der Waals surface area contributed by atoms with Gasteiger partial charge in [0.25, 0.3) is 0 Å². The Labute approximate surface area is 87.1 Å². The molecular formula is C11H23NO2. The zero-order chi connectivity index (χ0) is 10.6. The fraction of sp³-hybridized carbons (Fsp3) is 1.00. The van der Waals surface area contributed by atoms with Crippen molar-refractivity contribution in [1.29, 1.82) is 0 Å². The molecule has 1 aliphatic heterocycles. The quantitative estimate of drug-likeness (QED) is 0.743. The molecule has 0 spiro atoms. The van der Waals surface area contributed by atoms with Gasteiger partial charge in [-0.1, -0.05) is 13.3 Å². The number of hydrogen-bond acceptors (Lipinski definition) is 3. The Balaban J connectivity index is 2.41. The molecule has 0 bridgehead atoms. The summed E-state index contributed by atoms with van der Waals surface area (Å²) in [6.07, 6.45) is 1.76. The van der Waals surface area contributed by atoms with Gasteiger partial charge in [-0.3, -0.25) is 4.90 Å². The lowest BCUT2D eigenvalue weighted by Gasteiger charge is -2.43. The van der Waals surface area contributed by atoms with Gasteiger partial charge in [0.2, 0.25) is 0 Å². The summed E-state index contributed by atoms with van der Waals surface area (Å²) in [6, 6.07) is 0. The molecule has 3 nitrogen and oxygen atoms in total. The summed E-state index contributed by atoms with van der Waals surface area (Å²) in [5, 5.41) is 9.75. The van der Waals surface area contributed by atoms with Crippen molar-refractivity contribution < 1.29 is 9.84 Å². The molecule has 1 N–H and O–H groups in total. The van der Waals surface area contributed by atoms with E-state index in [1.807, 2.05) is 0 Å². The van der Waals surface area contributed by atoms with Crippen LogP contribution in [0.5, 0.6) is 0 Å². The Morgan fingerprint density at radius 2 is 2.21 bits per heavy atom. The molecular weight excluding hydrogens is 178 g/mol. The average Bonchev–Trinajstić information content (AvgIpc) is 2.09. The first-order chi connectivity index (χ1) is 6.56.